The van der Waals surface area contributed by atoms with Gasteiger partial charge in [-0.25, -0.2) is 0 Å². The van der Waals surface area contributed by atoms with Crippen molar-refractivity contribution in [1.29, 1.82) is 0 Å². The van der Waals surface area contributed by atoms with E-state index in [0.29, 0.717) is 12.0 Å². The van der Waals surface area contributed by atoms with E-state index < -0.39 is 0 Å². The predicted octanol–water partition coefficient (Wildman–Crippen LogP) is 0.674. The van der Waals surface area contributed by atoms with Crippen molar-refractivity contribution in [3.05, 3.63) is 12.2 Å². The lowest BCUT2D eigenvalue weighted by molar-refractivity contribution is -0.112. The summed E-state index contributed by atoms with van der Waals surface area (Å²) in [5.74, 6) is 0.430. The monoisotopic (exact) mass is 144 g/mol. The van der Waals surface area contributed by atoms with E-state index in [2.05, 4.69) is 0 Å². The van der Waals surface area contributed by atoms with Gasteiger partial charge in [-0.15, -0.1) is 0 Å². The average molecular weight is 144 g/mol. The van der Waals surface area contributed by atoms with Gasteiger partial charge in [0.1, 0.15) is 6.29 Å². The number of allylic oxidation sites excluding steroid dienone is 2. The minimum absolute atomic E-state index is 0.0189. The molecule has 0 radical (unpaired) electrons. The third-order valence-electron chi connectivity index (χ3n) is 0.647. The minimum atomic E-state index is -0.0189. The summed E-state index contributed by atoms with van der Waals surface area (Å²) in [6.45, 7) is 0. The second-order valence-corrected chi connectivity index (χ2v) is 2.26. The standard InChI is InChI=1S/C6H8O2S/c1-9-5-6(8)3-2-4-7/h2-4H,5H2,1H3/b3-2+. The summed E-state index contributed by atoms with van der Waals surface area (Å²) in [6.07, 6.45) is 4.92. The van der Waals surface area contributed by atoms with Crippen LogP contribution in [0.4, 0.5) is 0 Å². The normalized spacial score (nSPS) is 9.89. The quantitative estimate of drug-likeness (QED) is 0.429. The molecule has 0 fully saturated rings. The second-order valence-electron chi connectivity index (χ2n) is 1.39. The van der Waals surface area contributed by atoms with Crippen molar-refractivity contribution in [2.45, 2.75) is 0 Å². The van der Waals surface area contributed by atoms with Gasteiger partial charge in [0.05, 0.1) is 5.75 Å². The topological polar surface area (TPSA) is 34.1 Å². The fourth-order valence-electron chi connectivity index (χ4n) is 0.337. The highest BCUT2D eigenvalue weighted by Crippen LogP contribution is 1.91. The van der Waals surface area contributed by atoms with Gasteiger partial charge >= 0.3 is 0 Å². The van der Waals surface area contributed by atoms with Crippen LogP contribution in [-0.4, -0.2) is 24.1 Å². The Bertz CT molecular complexity index is 129. The first kappa shape index (κ1) is 8.43. The van der Waals surface area contributed by atoms with Gasteiger partial charge in [-0.2, -0.15) is 11.8 Å². The molecule has 0 aliphatic carbocycles. The molecule has 0 aromatic heterocycles. The number of rotatable bonds is 4. The molecule has 0 atom stereocenters. The number of hydrogen-bond acceptors (Lipinski definition) is 3. The van der Waals surface area contributed by atoms with Crippen LogP contribution in [0.3, 0.4) is 0 Å². The molecule has 0 bridgehead atoms. The maximum atomic E-state index is 10.5. The van der Waals surface area contributed by atoms with Gasteiger partial charge in [0, 0.05) is 0 Å². The zero-order valence-corrected chi connectivity index (χ0v) is 5.98. The van der Waals surface area contributed by atoms with Crippen molar-refractivity contribution in [3.8, 4) is 0 Å². The third kappa shape index (κ3) is 5.30. The third-order valence-corrected chi connectivity index (χ3v) is 1.22. The molecule has 0 aliphatic heterocycles. The molecular formula is C6H8O2S. The van der Waals surface area contributed by atoms with Crippen LogP contribution in [0.15, 0.2) is 12.2 Å². The molecule has 0 saturated carbocycles. The molecular weight excluding hydrogens is 136 g/mol. The molecule has 0 amide bonds. The molecule has 0 heterocycles. The Morgan fingerprint density at radius 3 is 2.78 bits per heavy atom. The highest BCUT2D eigenvalue weighted by Gasteiger charge is 1.90. The van der Waals surface area contributed by atoms with Crippen LogP contribution in [0.1, 0.15) is 0 Å². The summed E-state index contributed by atoms with van der Waals surface area (Å²) in [6, 6.07) is 0. The fourth-order valence-corrected chi connectivity index (χ4v) is 0.718. The van der Waals surface area contributed by atoms with Crippen LogP contribution in [0.25, 0.3) is 0 Å². The first-order valence-electron chi connectivity index (χ1n) is 2.45. The van der Waals surface area contributed by atoms with Crippen LogP contribution >= 0.6 is 11.8 Å². The van der Waals surface area contributed by atoms with Crippen molar-refractivity contribution in [1.82, 2.24) is 0 Å². The minimum Gasteiger partial charge on any atom is -0.299 e. The molecule has 0 aromatic rings. The fraction of sp³-hybridized carbons (Fsp3) is 0.333. The van der Waals surface area contributed by atoms with Crippen LogP contribution in [-0.2, 0) is 9.59 Å². The summed E-state index contributed by atoms with van der Waals surface area (Å²) in [7, 11) is 0. The van der Waals surface area contributed by atoms with Crippen molar-refractivity contribution in [3.63, 3.8) is 0 Å². The Morgan fingerprint density at radius 1 is 1.67 bits per heavy atom. The Labute approximate surface area is 58.3 Å². The SMILES string of the molecule is CSCC(=O)/C=C/C=O. The summed E-state index contributed by atoms with van der Waals surface area (Å²) in [5, 5.41) is 0. The molecule has 50 valence electrons. The number of ketones is 1. The Hall–Kier alpha value is -0.570. The van der Waals surface area contributed by atoms with E-state index in [0.717, 1.165) is 0 Å². The van der Waals surface area contributed by atoms with Gasteiger partial charge < -0.3 is 0 Å². The Kier molecular flexibility index (Phi) is 5.21. The summed E-state index contributed by atoms with van der Waals surface area (Å²) < 4.78 is 0. The molecule has 0 N–H and O–H groups in total. The lowest BCUT2D eigenvalue weighted by Gasteiger charge is -1.84. The van der Waals surface area contributed by atoms with Crippen molar-refractivity contribution >= 4 is 23.8 Å². The molecule has 2 nitrogen and oxygen atoms in total. The van der Waals surface area contributed by atoms with Crippen LogP contribution in [0.2, 0.25) is 0 Å². The molecule has 0 rings (SSSR count). The summed E-state index contributed by atoms with van der Waals surface area (Å²) >= 11 is 1.44. The molecule has 0 aromatic carbocycles. The maximum absolute atomic E-state index is 10.5. The molecule has 3 heteroatoms. The van der Waals surface area contributed by atoms with Gasteiger partial charge in [-0.05, 0) is 18.4 Å². The first-order chi connectivity index (χ1) is 4.31. The van der Waals surface area contributed by atoms with Crippen molar-refractivity contribution in [2.75, 3.05) is 12.0 Å². The lowest BCUT2D eigenvalue weighted by Crippen LogP contribution is -1.94. The maximum Gasteiger partial charge on any atom is 0.165 e. The van der Waals surface area contributed by atoms with Gasteiger partial charge in [-0.3, -0.25) is 9.59 Å². The lowest BCUT2D eigenvalue weighted by atomic mass is 10.4. The van der Waals surface area contributed by atoms with Gasteiger partial charge in [0.25, 0.3) is 0 Å². The Morgan fingerprint density at radius 2 is 2.33 bits per heavy atom. The number of aldehydes is 1. The largest absolute Gasteiger partial charge is 0.299 e. The summed E-state index contributed by atoms with van der Waals surface area (Å²) in [5.41, 5.74) is 0. The highest BCUT2D eigenvalue weighted by molar-refractivity contribution is 7.99. The van der Waals surface area contributed by atoms with E-state index in [1.807, 2.05) is 6.26 Å². The van der Waals surface area contributed by atoms with Crippen LogP contribution in [0.5, 0.6) is 0 Å². The Balaban J connectivity index is 3.49. The van der Waals surface area contributed by atoms with Crippen LogP contribution in [0, 0.1) is 0 Å². The smallest absolute Gasteiger partial charge is 0.165 e. The van der Waals surface area contributed by atoms with E-state index in [1.165, 1.54) is 23.9 Å². The first-order valence-corrected chi connectivity index (χ1v) is 3.84. The number of hydrogen-bond donors (Lipinski definition) is 0. The summed E-state index contributed by atoms with van der Waals surface area (Å²) in [4.78, 5) is 20.2. The number of thioether (sulfide) groups is 1. The number of carbonyl (C=O) groups is 2. The molecule has 0 aliphatic rings. The van der Waals surface area contributed by atoms with Gasteiger partial charge in [0.2, 0.25) is 0 Å². The average Bonchev–Trinajstić information content (AvgIpc) is 1.85. The number of carbonyl (C=O) groups excluding carboxylic acids is 2. The molecule has 9 heavy (non-hydrogen) atoms. The van der Waals surface area contributed by atoms with E-state index >= 15 is 0 Å². The van der Waals surface area contributed by atoms with E-state index in [9.17, 15) is 9.59 Å². The van der Waals surface area contributed by atoms with E-state index in [1.54, 1.807) is 0 Å². The molecule has 0 spiro atoms. The zero-order valence-electron chi connectivity index (χ0n) is 5.16. The van der Waals surface area contributed by atoms with Crippen LogP contribution < -0.4 is 0 Å². The predicted molar refractivity (Wildman–Crippen MR) is 38.6 cm³/mol. The van der Waals surface area contributed by atoms with Crippen molar-refractivity contribution in [2.24, 2.45) is 0 Å². The van der Waals surface area contributed by atoms with Crippen molar-refractivity contribution < 1.29 is 9.59 Å². The van der Waals surface area contributed by atoms with E-state index in [4.69, 9.17) is 0 Å². The van der Waals surface area contributed by atoms with E-state index in [-0.39, 0.29) is 5.78 Å². The second kappa shape index (κ2) is 5.56. The van der Waals surface area contributed by atoms with Gasteiger partial charge in [0.15, 0.2) is 5.78 Å². The highest BCUT2D eigenvalue weighted by atomic mass is 32.2. The van der Waals surface area contributed by atoms with Gasteiger partial charge in [-0.1, -0.05) is 0 Å². The molecule has 0 unspecified atom stereocenters. The molecule has 0 saturated heterocycles. The zero-order chi connectivity index (χ0) is 7.11.